The van der Waals surface area contributed by atoms with Crippen molar-refractivity contribution >= 4 is 28.7 Å². The van der Waals surface area contributed by atoms with Gasteiger partial charge in [-0.3, -0.25) is 4.57 Å². The Hall–Kier alpha value is -2.27. The first-order valence-corrected chi connectivity index (χ1v) is 11.8. The van der Waals surface area contributed by atoms with E-state index in [0.717, 1.165) is 6.42 Å². The number of thioether (sulfide) groups is 1. The molecule has 170 valence electrons. The molecule has 1 aromatic carbocycles. The van der Waals surface area contributed by atoms with Crippen LogP contribution in [0.15, 0.2) is 41.8 Å². The topological polar surface area (TPSA) is 105 Å². The summed E-state index contributed by atoms with van der Waals surface area (Å²) in [6.45, 7) is 2.23. The lowest BCUT2D eigenvalue weighted by Gasteiger charge is -2.18. The maximum atomic E-state index is 13.9. The summed E-state index contributed by atoms with van der Waals surface area (Å²) in [4.78, 5) is 13.7. The van der Waals surface area contributed by atoms with Crippen LogP contribution in [0.2, 0.25) is 0 Å². The maximum absolute atomic E-state index is 13.9. The fourth-order valence-electron chi connectivity index (χ4n) is 4.51. The number of nitrogens with zero attached hydrogens (tertiary/aromatic N) is 4. The highest BCUT2D eigenvalue weighted by molar-refractivity contribution is 7.99. The molecular weight excluding hydrogens is 433 g/mol. The molecule has 32 heavy (non-hydrogen) atoms. The largest absolute Gasteiger partial charge is 0.387 e. The smallest absolute Gasteiger partial charge is 0.167 e. The van der Waals surface area contributed by atoms with Gasteiger partial charge in [0.2, 0.25) is 0 Å². The summed E-state index contributed by atoms with van der Waals surface area (Å²) in [6, 6.07) is 6.79. The molecule has 1 aliphatic heterocycles. The summed E-state index contributed by atoms with van der Waals surface area (Å²) >= 11 is 1.24. The molecule has 0 radical (unpaired) electrons. The zero-order valence-corrected chi connectivity index (χ0v) is 18.5. The third-order valence-electron chi connectivity index (χ3n) is 6.39. The molecule has 8 nitrogen and oxygen atoms in total. The number of hydrogen-bond donors (Lipinski definition) is 3. The number of anilines is 1. The van der Waals surface area contributed by atoms with Crippen LogP contribution in [-0.4, -0.2) is 59.8 Å². The van der Waals surface area contributed by atoms with E-state index < -0.39 is 24.5 Å². The Bertz CT molecular complexity index is 1100. The van der Waals surface area contributed by atoms with Crippen LogP contribution in [0.1, 0.15) is 32.4 Å². The van der Waals surface area contributed by atoms with Crippen LogP contribution < -0.4 is 5.32 Å². The minimum Gasteiger partial charge on any atom is -0.387 e. The second-order valence-corrected chi connectivity index (χ2v) is 9.55. The molecule has 1 saturated carbocycles. The van der Waals surface area contributed by atoms with Crippen molar-refractivity contribution in [1.82, 2.24) is 19.5 Å². The number of ether oxygens (including phenoxy) is 1. The van der Waals surface area contributed by atoms with Gasteiger partial charge in [0.25, 0.3) is 0 Å². The van der Waals surface area contributed by atoms with Crippen molar-refractivity contribution in [3.05, 3.63) is 42.7 Å². The number of fused-ring (bicyclic) bond motifs is 1. The third-order valence-corrected chi connectivity index (χ3v) is 7.53. The summed E-state index contributed by atoms with van der Waals surface area (Å²) in [5.41, 5.74) is 1.12. The molecular formula is C22H26FN5O3S. The molecule has 1 aliphatic carbocycles. The van der Waals surface area contributed by atoms with Gasteiger partial charge in [-0.15, -0.1) is 11.8 Å². The van der Waals surface area contributed by atoms with Crippen LogP contribution in [-0.2, 0) is 4.74 Å². The van der Waals surface area contributed by atoms with Crippen molar-refractivity contribution in [3.8, 4) is 0 Å². The molecule has 2 unspecified atom stereocenters. The zero-order chi connectivity index (χ0) is 22.2. The second-order valence-electron chi connectivity index (χ2n) is 8.49. The van der Waals surface area contributed by atoms with E-state index in [1.165, 1.54) is 37.0 Å². The predicted molar refractivity (Wildman–Crippen MR) is 119 cm³/mol. The Balaban J connectivity index is 1.34. The molecule has 0 bridgehead atoms. The molecule has 0 spiro atoms. The number of halogens is 1. The summed E-state index contributed by atoms with van der Waals surface area (Å²) in [7, 11) is 0. The molecule has 1 saturated heterocycles. The number of imidazole rings is 1. The summed E-state index contributed by atoms with van der Waals surface area (Å²) in [6.07, 6.45) is 2.67. The van der Waals surface area contributed by atoms with E-state index in [1.54, 1.807) is 29.1 Å². The van der Waals surface area contributed by atoms with Gasteiger partial charge in [-0.25, -0.2) is 19.3 Å². The number of benzene rings is 1. The monoisotopic (exact) mass is 459 g/mol. The van der Waals surface area contributed by atoms with Gasteiger partial charge in [-0.2, -0.15) is 0 Å². The first-order valence-electron chi connectivity index (χ1n) is 10.9. The fraction of sp³-hybridized carbons (Fsp3) is 0.500. The van der Waals surface area contributed by atoms with E-state index in [4.69, 9.17) is 4.74 Å². The van der Waals surface area contributed by atoms with Crippen LogP contribution in [0.25, 0.3) is 11.2 Å². The lowest BCUT2D eigenvalue weighted by Crippen LogP contribution is -2.32. The zero-order valence-electron chi connectivity index (χ0n) is 17.6. The van der Waals surface area contributed by atoms with Crippen molar-refractivity contribution in [2.45, 2.75) is 61.7 Å². The molecule has 5 rings (SSSR count). The van der Waals surface area contributed by atoms with Gasteiger partial charge in [0.15, 0.2) is 23.2 Å². The standard InChI is InChI=1S/C22H26FN5O3S/c1-12-5-4-7-14(12)27-20-17-21(25-10-24-20)28(11-26-17)22-19(30)18(29)15(31-22)9-32-16-8-3-2-6-13(16)23/h2-3,6,8,10-12,14-15,18-19,22,29-30H,4-5,7,9H2,1H3,(H,24,25,27)/t12?,14?,15-,18-,19-,22-/m1/s1. The third kappa shape index (κ3) is 3.96. The summed E-state index contributed by atoms with van der Waals surface area (Å²) in [5, 5.41) is 24.7. The minimum absolute atomic E-state index is 0.295. The van der Waals surface area contributed by atoms with Gasteiger partial charge in [0, 0.05) is 16.7 Å². The maximum Gasteiger partial charge on any atom is 0.167 e. The van der Waals surface area contributed by atoms with E-state index in [1.807, 2.05) is 0 Å². The Kier molecular flexibility index (Phi) is 6.02. The van der Waals surface area contributed by atoms with Crippen molar-refractivity contribution in [2.75, 3.05) is 11.1 Å². The van der Waals surface area contributed by atoms with Crippen LogP contribution in [0.4, 0.5) is 10.2 Å². The molecule has 2 aliphatic rings. The molecule has 0 amide bonds. The van der Waals surface area contributed by atoms with Crippen molar-refractivity contribution in [2.24, 2.45) is 5.92 Å². The van der Waals surface area contributed by atoms with E-state index in [9.17, 15) is 14.6 Å². The second kappa shape index (κ2) is 8.93. The van der Waals surface area contributed by atoms with Gasteiger partial charge >= 0.3 is 0 Å². The molecule has 3 N–H and O–H groups in total. The molecule has 2 aromatic heterocycles. The SMILES string of the molecule is CC1CCCC1Nc1ncnc2c1ncn2[C@@H]1O[C@H](CSc2ccccc2F)[C@@H](O)[C@H]1O. The highest BCUT2D eigenvalue weighted by atomic mass is 32.2. The fourth-order valence-corrected chi connectivity index (χ4v) is 5.51. The van der Waals surface area contributed by atoms with Gasteiger partial charge in [-0.05, 0) is 30.9 Å². The number of hydrogen-bond acceptors (Lipinski definition) is 8. The normalized spacial score (nSPS) is 30.2. The van der Waals surface area contributed by atoms with E-state index >= 15 is 0 Å². The molecule has 6 atom stereocenters. The quantitative estimate of drug-likeness (QED) is 0.483. The first kappa shape index (κ1) is 21.6. The summed E-state index contributed by atoms with van der Waals surface area (Å²) in [5.74, 6) is 1.19. The molecule has 3 heterocycles. The van der Waals surface area contributed by atoms with Crippen molar-refractivity contribution in [1.29, 1.82) is 0 Å². The Morgan fingerprint density at radius 2 is 2.03 bits per heavy atom. The highest BCUT2D eigenvalue weighted by Crippen LogP contribution is 2.36. The average molecular weight is 460 g/mol. The number of rotatable bonds is 6. The van der Waals surface area contributed by atoms with Crippen molar-refractivity contribution < 1.29 is 19.3 Å². The number of aliphatic hydroxyl groups excluding tert-OH is 2. The molecule has 2 fully saturated rings. The average Bonchev–Trinajstić information content (AvgIpc) is 3.47. The Labute approximate surface area is 189 Å². The van der Waals surface area contributed by atoms with Crippen LogP contribution in [0.3, 0.4) is 0 Å². The number of aromatic nitrogens is 4. The lowest BCUT2D eigenvalue weighted by atomic mass is 10.1. The van der Waals surface area contributed by atoms with Crippen LogP contribution >= 0.6 is 11.8 Å². The van der Waals surface area contributed by atoms with E-state index in [0.29, 0.717) is 39.6 Å². The number of nitrogens with one attached hydrogen (secondary N) is 1. The predicted octanol–water partition coefficient (Wildman–Crippen LogP) is 2.98. The van der Waals surface area contributed by atoms with Crippen LogP contribution in [0.5, 0.6) is 0 Å². The highest BCUT2D eigenvalue weighted by Gasteiger charge is 2.44. The Morgan fingerprint density at radius 3 is 2.81 bits per heavy atom. The Morgan fingerprint density at radius 1 is 1.19 bits per heavy atom. The van der Waals surface area contributed by atoms with Gasteiger partial charge < -0.3 is 20.3 Å². The first-order chi connectivity index (χ1) is 15.5. The van der Waals surface area contributed by atoms with Gasteiger partial charge in [-0.1, -0.05) is 25.5 Å². The van der Waals surface area contributed by atoms with E-state index in [-0.39, 0.29) is 5.82 Å². The van der Waals surface area contributed by atoms with Gasteiger partial charge in [0.05, 0.1) is 12.4 Å². The van der Waals surface area contributed by atoms with Crippen LogP contribution in [0, 0.1) is 11.7 Å². The van der Waals surface area contributed by atoms with Gasteiger partial charge in [0.1, 0.15) is 24.4 Å². The molecule has 3 aromatic rings. The lowest BCUT2D eigenvalue weighted by molar-refractivity contribution is -0.0289. The summed E-state index contributed by atoms with van der Waals surface area (Å²) < 4.78 is 21.5. The number of aliphatic hydroxyl groups is 2. The minimum atomic E-state index is -1.17. The van der Waals surface area contributed by atoms with Crippen molar-refractivity contribution in [3.63, 3.8) is 0 Å². The molecule has 10 heteroatoms. The van der Waals surface area contributed by atoms with E-state index in [2.05, 4.69) is 27.2 Å².